The third kappa shape index (κ3) is 2.48. The Morgan fingerprint density at radius 3 is 2.71 bits per heavy atom. The molecule has 92 valence electrons. The van der Waals surface area contributed by atoms with Crippen molar-refractivity contribution in [2.45, 2.75) is 25.9 Å². The Morgan fingerprint density at radius 2 is 2.06 bits per heavy atom. The first-order valence-corrected chi connectivity index (χ1v) is 6.09. The van der Waals surface area contributed by atoms with Crippen LogP contribution in [0.1, 0.15) is 18.7 Å². The van der Waals surface area contributed by atoms with Crippen molar-refractivity contribution in [3.05, 3.63) is 10.9 Å². The Labute approximate surface area is 104 Å². The highest BCUT2D eigenvalue weighted by molar-refractivity contribution is 7.19. The van der Waals surface area contributed by atoms with Crippen molar-refractivity contribution in [2.75, 3.05) is 18.6 Å². The van der Waals surface area contributed by atoms with Gasteiger partial charge in [-0.25, -0.2) is 4.98 Å². The molecule has 0 aliphatic carbocycles. The highest BCUT2D eigenvalue weighted by Gasteiger charge is 2.19. The van der Waals surface area contributed by atoms with Crippen LogP contribution >= 0.6 is 11.3 Å². The van der Waals surface area contributed by atoms with E-state index in [1.54, 1.807) is 18.4 Å². The fourth-order valence-electron chi connectivity index (χ4n) is 1.60. The second-order valence-corrected chi connectivity index (χ2v) is 5.67. The third-order valence-corrected chi connectivity index (χ3v) is 3.77. The average Bonchev–Trinajstić information content (AvgIpc) is 2.59. The Kier molecular flexibility index (Phi) is 2.92. The second kappa shape index (κ2) is 4.12. The first kappa shape index (κ1) is 12.1. The van der Waals surface area contributed by atoms with Gasteiger partial charge in [0.1, 0.15) is 5.82 Å². The smallest absolute Gasteiger partial charge is 0.222 e. The van der Waals surface area contributed by atoms with Gasteiger partial charge >= 0.3 is 0 Å². The SMILES string of the molecule is COC(C)(C)Cc1cc2nc(N)nc(N)c2s1. The lowest BCUT2D eigenvalue weighted by Crippen LogP contribution is -2.24. The van der Waals surface area contributed by atoms with Crippen molar-refractivity contribution in [2.24, 2.45) is 0 Å². The fourth-order valence-corrected chi connectivity index (χ4v) is 2.81. The Bertz CT molecular complexity index is 550. The number of nitrogen functional groups attached to an aromatic ring is 2. The van der Waals surface area contributed by atoms with Crippen molar-refractivity contribution in [1.29, 1.82) is 0 Å². The van der Waals surface area contributed by atoms with E-state index in [0.717, 1.165) is 16.6 Å². The number of aromatic nitrogens is 2. The van der Waals surface area contributed by atoms with Gasteiger partial charge in [0.15, 0.2) is 0 Å². The van der Waals surface area contributed by atoms with Crippen molar-refractivity contribution in [3.63, 3.8) is 0 Å². The number of thiophene rings is 1. The van der Waals surface area contributed by atoms with Crippen LogP contribution in [0.5, 0.6) is 0 Å². The zero-order chi connectivity index (χ0) is 12.6. The van der Waals surface area contributed by atoms with Gasteiger partial charge in [0.25, 0.3) is 0 Å². The van der Waals surface area contributed by atoms with Crippen molar-refractivity contribution < 1.29 is 4.74 Å². The molecule has 2 aromatic rings. The van der Waals surface area contributed by atoms with Gasteiger partial charge in [-0.15, -0.1) is 11.3 Å². The Morgan fingerprint density at radius 1 is 1.35 bits per heavy atom. The van der Waals surface area contributed by atoms with Crippen LogP contribution < -0.4 is 11.5 Å². The molecule has 0 aromatic carbocycles. The van der Waals surface area contributed by atoms with Gasteiger partial charge in [-0.2, -0.15) is 4.98 Å². The molecule has 0 saturated heterocycles. The summed E-state index contributed by atoms with van der Waals surface area (Å²) >= 11 is 1.59. The van der Waals surface area contributed by atoms with Crippen LogP contribution in [0.2, 0.25) is 0 Å². The van der Waals surface area contributed by atoms with Crippen LogP contribution in [-0.2, 0) is 11.2 Å². The summed E-state index contributed by atoms with van der Waals surface area (Å²) in [6.45, 7) is 4.08. The predicted octanol–water partition coefficient (Wildman–Crippen LogP) is 1.82. The molecule has 0 radical (unpaired) electrons. The van der Waals surface area contributed by atoms with E-state index >= 15 is 0 Å². The number of nitrogens with zero attached hydrogens (tertiary/aromatic N) is 2. The van der Waals surface area contributed by atoms with Gasteiger partial charge in [-0.05, 0) is 19.9 Å². The molecule has 6 heteroatoms. The molecule has 0 fully saturated rings. The number of fused-ring (bicyclic) bond motifs is 1. The molecule has 0 aliphatic rings. The first-order chi connectivity index (χ1) is 7.91. The molecule has 4 N–H and O–H groups in total. The van der Waals surface area contributed by atoms with Crippen LogP contribution in [0.15, 0.2) is 6.07 Å². The van der Waals surface area contributed by atoms with Crippen molar-refractivity contribution in [1.82, 2.24) is 9.97 Å². The van der Waals surface area contributed by atoms with E-state index in [2.05, 4.69) is 9.97 Å². The lowest BCUT2D eigenvalue weighted by molar-refractivity contribution is 0.0239. The molecule has 0 atom stereocenters. The predicted molar refractivity (Wildman–Crippen MR) is 71.0 cm³/mol. The number of methoxy groups -OCH3 is 1. The molecular formula is C11H16N4OS. The quantitative estimate of drug-likeness (QED) is 0.870. The lowest BCUT2D eigenvalue weighted by Gasteiger charge is -2.21. The number of ether oxygens (including phenoxy) is 1. The van der Waals surface area contributed by atoms with Gasteiger partial charge in [-0.1, -0.05) is 0 Å². The molecule has 2 rings (SSSR count). The van der Waals surface area contributed by atoms with Gasteiger partial charge in [0, 0.05) is 18.4 Å². The van der Waals surface area contributed by atoms with Crippen LogP contribution in [0.4, 0.5) is 11.8 Å². The number of rotatable bonds is 3. The maximum absolute atomic E-state index is 5.81. The van der Waals surface area contributed by atoms with Gasteiger partial charge < -0.3 is 16.2 Å². The maximum atomic E-state index is 5.81. The third-order valence-electron chi connectivity index (χ3n) is 2.62. The number of hydrogen-bond acceptors (Lipinski definition) is 6. The summed E-state index contributed by atoms with van der Waals surface area (Å²) < 4.78 is 6.30. The normalized spacial score (nSPS) is 12.2. The Hall–Kier alpha value is -1.40. The van der Waals surface area contributed by atoms with Gasteiger partial charge in [-0.3, -0.25) is 0 Å². The number of nitrogens with two attached hydrogens (primary N) is 2. The van der Waals surface area contributed by atoms with Crippen LogP contribution in [0.25, 0.3) is 10.2 Å². The van der Waals surface area contributed by atoms with E-state index < -0.39 is 0 Å². The lowest BCUT2D eigenvalue weighted by atomic mass is 10.0. The minimum Gasteiger partial charge on any atom is -0.382 e. The summed E-state index contributed by atoms with van der Waals surface area (Å²) in [5.74, 6) is 0.657. The molecular weight excluding hydrogens is 236 g/mol. The molecule has 0 amide bonds. The van der Waals surface area contributed by atoms with E-state index in [0.29, 0.717) is 5.82 Å². The standard InChI is InChI=1S/C11H16N4OS/c1-11(2,16-3)5-6-4-7-8(17-6)9(12)15-10(13)14-7/h4H,5H2,1-3H3,(H4,12,13,14,15). The van der Waals surface area contributed by atoms with Gasteiger partial charge in [0.2, 0.25) is 5.95 Å². The molecule has 2 aromatic heterocycles. The maximum Gasteiger partial charge on any atom is 0.222 e. The van der Waals surface area contributed by atoms with Crippen molar-refractivity contribution in [3.8, 4) is 0 Å². The van der Waals surface area contributed by atoms with Crippen LogP contribution in [0.3, 0.4) is 0 Å². The summed E-state index contributed by atoms with van der Waals surface area (Å²) in [4.78, 5) is 9.29. The molecule has 0 spiro atoms. The minimum atomic E-state index is -0.200. The van der Waals surface area contributed by atoms with E-state index in [9.17, 15) is 0 Å². The first-order valence-electron chi connectivity index (χ1n) is 5.28. The zero-order valence-corrected chi connectivity index (χ0v) is 11.0. The van der Waals surface area contributed by atoms with E-state index in [1.807, 2.05) is 19.9 Å². The van der Waals surface area contributed by atoms with Crippen LogP contribution in [0, 0.1) is 0 Å². The molecule has 0 unspecified atom stereocenters. The molecule has 2 heterocycles. The second-order valence-electron chi connectivity index (χ2n) is 4.53. The van der Waals surface area contributed by atoms with Gasteiger partial charge in [0.05, 0.1) is 15.8 Å². The summed E-state index contributed by atoms with van der Waals surface area (Å²) in [5.41, 5.74) is 12.0. The molecule has 0 saturated carbocycles. The number of anilines is 2. The summed E-state index contributed by atoms with van der Waals surface area (Å²) in [6, 6.07) is 2.00. The largest absolute Gasteiger partial charge is 0.382 e. The molecule has 0 bridgehead atoms. The highest BCUT2D eigenvalue weighted by Crippen LogP contribution is 2.31. The topological polar surface area (TPSA) is 87.0 Å². The fraction of sp³-hybridized carbons (Fsp3) is 0.455. The molecule has 0 aliphatic heterocycles. The highest BCUT2D eigenvalue weighted by atomic mass is 32.1. The summed E-state index contributed by atoms with van der Waals surface area (Å²) in [6.07, 6.45) is 0.809. The summed E-state index contributed by atoms with van der Waals surface area (Å²) in [7, 11) is 1.71. The van der Waals surface area contributed by atoms with Crippen LogP contribution in [-0.4, -0.2) is 22.7 Å². The average molecular weight is 252 g/mol. The van der Waals surface area contributed by atoms with E-state index in [-0.39, 0.29) is 11.5 Å². The number of hydrogen-bond donors (Lipinski definition) is 2. The summed E-state index contributed by atoms with van der Waals surface area (Å²) in [5, 5.41) is 0. The Balaban J connectivity index is 2.42. The minimum absolute atomic E-state index is 0.200. The van der Waals surface area contributed by atoms with E-state index in [4.69, 9.17) is 16.2 Å². The molecule has 17 heavy (non-hydrogen) atoms. The van der Waals surface area contributed by atoms with Crippen molar-refractivity contribution >= 4 is 33.3 Å². The monoisotopic (exact) mass is 252 g/mol. The van der Waals surface area contributed by atoms with E-state index in [1.165, 1.54) is 4.88 Å². The molecule has 5 nitrogen and oxygen atoms in total. The zero-order valence-electron chi connectivity index (χ0n) is 10.2.